The third-order valence-electron chi connectivity index (χ3n) is 2.17. The standard InChI is InChI=1S/C13H18O4/c1-2-16-13(15)10-11(14)8-9-17-12-6-4-3-5-7-12/h3-7,11,14H,2,8-10H2,1H3/t11-/m1/s1. The van der Waals surface area contributed by atoms with Crippen molar-refractivity contribution in [3.05, 3.63) is 30.3 Å². The molecule has 0 amide bonds. The van der Waals surface area contributed by atoms with Crippen LogP contribution in [0.2, 0.25) is 0 Å². The quantitative estimate of drug-likeness (QED) is 0.735. The summed E-state index contributed by atoms with van der Waals surface area (Å²) >= 11 is 0. The molecule has 0 saturated carbocycles. The molecule has 94 valence electrons. The van der Waals surface area contributed by atoms with Crippen molar-refractivity contribution in [2.24, 2.45) is 0 Å². The zero-order valence-electron chi connectivity index (χ0n) is 9.96. The molecule has 0 spiro atoms. The zero-order chi connectivity index (χ0) is 12.5. The Morgan fingerprint density at radius 2 is 2.06 bits per heavy atom. The molecule has 0 aliphatic rings. The van der Waals surface area contributed by atoms with E-state index >= 15 is 0 Å². The van der Waals surface area contributed by atoms with Gasteiger partial charge in [0.05, 0.1) is 25.7 Å². The van der Waals surface area contributed by atoms with Gasteiger partial charge in [0.2, 0.25) is 0 Å². The summed E-state index contributed by atoms with van der Waals surface area (Å²) in [7, 11) is 0. The molecule has 4 nitrogen and oxygen atoms in total. The van der Waals surface area contributed by atoms with Crippen LogP contribution in [-0.2, 0) is 9.53 Å². The second-order valence-electron chi connectivity index (χ2n) is 3.61. The topological polar surface area (TPSA) is 55.8 Å². The van der Waals surface area contributed by atoms with E-state index in [9.17, 15) is 9.90 Å². The van der Waals surface area contributed by atoms with Gasteiger partial charge in [0.1, 0.15) is 5.75 Å². The lowest BCUT2D eigenvalue weighted by molar-refractivity contribution is -0.145. The van der Waals surface area contributed by atoms with E-state index in [1.165, 1.54) is 0 Å². The predicted octanol–water partition coefficient (Wildman–Crippen LogP) is 1.77. The van der Waals surface area contributed by atoms with Gasteiger partial charge < -0.3 is 14.6 Å². The normalized spacial score (nSPS) is 11.9. The fraction of sp³-hybridized carbons (Fsp3) is 0.462. The summed E-state index contributed by atoms with van der Waals surface area (Å²) in [6, 6.07) is 9.35. The van der Waals surface area contributed by atoms with Crippen LogP contribution < -0.4 is 4.74 Å². The first-order valence-corrected chi connectivity index (χ1v) is 5.74. The van der Waals surface area contributed by atoms with Crippen LogP contribution in [0.4, 0.5) is 0 Å². The number of hydrogen-bond donors (Lipinski definition) is 1. The Morgan fingerprint density at radius 3 is 2.71 bits per heavy atom. The number of carbonyl (C=O) groups excluding carboxylic acids is 1. The van der Waals surface area contributed by atoms with Gasteiger partial charge in [-0.25, -0.2) is 0 Å². The van der Waals surface area contributed by atoms with Crippen LogP contribution in [0.25, 0.3) is 0 Å². The van der Waals surface area contributed by atoms with Gasteiger partial charge in [-0.05, 0) is 19.1 Å². The van der Waals surface area contributed by atoms with Gasteiger partial charge >= 0.3 is 5.97 Å². The lowest BCUT2D eigenvalue weighted by Gasteiger charge is -2.10. The lowest BCUT2D eigenvalue weighted by atomic mass is 10.2. The summed E-state index contributed by atoms with van der Waals surface area (Å²) in [5.41, 5.74) is 0. The van der Waals surface area contributed by atoms with Crippen molar-refractivity contribution in [3.8, 4) is 5.75 Å². The highest BCUT2D eigenvalue weighted by Crippen LogP contribution is 2.09. The first-order valence-electron chi connectivity index (χ1n) is 5.74. The van der Waals surface area contributed by atoms with Gasteiger partial charge in [-0.3, -0.25) is 4.79 Å². The number of ether oxygens (including phenoxy) is 2. The Bertz CT molecular complexity index is 323. The van der Waals surface area contributed by atoms with E-state index in [0.29, 0.717) is 19.6 Å². The average molecular weight is 238 g/mol. The number of hydrogen-bond acceptors (Lipinski definition) is 4. The molecule has 17 heavy (non-hydrogen) atoms. The van der Waals surface area contributed by atoms with Crippen molar-refractivity contribution in [3.63, 3.8) is 0 Å². The minimum Gasteiger partial charge on any atom is -0.493 e. The van der Waals surface area contributed by atoms with Gasteiger partial charge in [-0.1, -0.05) is 18.2 Å². The predicted molar refractivity (Wildman–Crippen MR) is 63.8 cm³/mol. The third-order valence-corrected chi connectivity index (χ3v) is 2.17. The molecule has 0 aliphatic heterocycles. The fourth-order valence-electron chi connectivity index (χ4n) is 1.34. The van der Waals surface area contributed by atoms with Crippen molar-refractivity contribution in [2.75, 3.05) is 13.2 Å². The Kier molecular flexibility index (Phi) is 6.10. The molecule has 1 aromatic rings. The molecule has 0 heterocycles. The first-order chi connectivity index (χ1) is 8.22. The summed E-state index contributed by atoms with van der Waals surface area (Å²) in [6.07, 6.45) is -0.280. The summed E-state index contributed by atoms with van der Waals surface area (Å²) in [6.45, 7) is 2.46. The summed E-state index contributed by atoms with van der Waals surface area (Å²) in [5, 5.41) is 9.54. The van der Waals surface area contributed by atoms with E-state index in [-0.39, 0.29) is 12.4 Å². The first kappa shape index (κ1) is 13.5. The molecule has 1 N–H and O–H groups in total. The molecule has 0 radical (unpaired) electrons. The van der Waals surface area contributed by atoms with Gasteiger partial charge in [0.25, 0.3) is 0 Å². The molecule has 1 atom stereocenters. The molecule has 0 aliphatic carbocycles. The van der Waals surface area contributed by atoms with Gasteiger partial charge in [0, 0.05) is 6.42 Å². The second-order valence-corrected chi connectivity index (χ2v) is 3.61. The number of rotatable bonds is 7. The highest BCUT2D eigenvalue weighted by molar-refractivity contribution is 5.69. The summed E-state index contributed by atoms with van der Waals surface area (Å²) in [4.78, 5) is 11.1. The highest BCUT2D eigenvalue weighted by Gasteiger charge is 2.11. The minimum absolute atomic E-state index is 0.0198. The Labute approximate surface area is 101 Å². The van der Waals surface area contributed by atoms with Crippen LogP contribution in [0.5, 0.6) is 5.75 Å². The highest BCUT2D eigenvalue weighted by atomic mass is 16.5. The fourth-order valence-corrected chi connectivity index (χ4v) is 1.34. The minimum atomic E-state index is -0.710. The molecular weight excluding hydrogens is 220 g/mol. The van der Waals surface area contributed by atoms with Crippen LogP contribution in [0, 0.1) is 0 Å². The maximum absolute atomic E-state index is 11.1. The van der Waals surface area contributed by atoms with Crippen LogP contribution in [-0.4, -0.2) is 30.4 Å². The Hall–Kier alpha value is -1.55. The molecular formula is C13H18O4. The number of benzene rings is 1. The number of aliphatic hydroxyl groups excluding tert-OH is 1. The van der Waals surface area contributed by atoms with E-state index in [4.69, 9.17) is 9.47 Å². The van der Waals surface area contributed by atoms with Crippen LogP contribution in [0.1, 0.15) is 19.8 Å². The molecule has 0 bridgehead atoms. The van der Waals surface area contributed by atoms with Gasteiger partial charge in [-0.2, -0.15) is 0 Å². The number of esters is 1. The molecule has 0 aromatic heterocycles. The molecule has 1 rings (SSSR count). The van der Waals surface area contributed by atoms with Crippen molar-refractivity contribution >= 4 is 5.97 Å². The Morgan fingerprint density at radius 1 is 1.35 bits per heavy atom. The van der Waals surface area contributed by atoms with Crippen molar-refractivity contribution in [1.29, 1.82) is 0 Å². The lowest BCUT2D eigenvalue weighted by Crippen LogP contribution is -2.18. The molecule has 1 aromatic carbocycles. The molecule has 0 unspecified atom stereocenters. The van der Waals surface area contributed by atoms with Crippen molar-refractivity contribution in [2.45, 2.75) is 25.9 Å². The van der Waals surface area contributed by atoms with E-state index in [1.807, 2.05) is 30.3 Å². The maximum Gasteiger partial charge on any atom is 0.308 e. The van der Waals surface area contributed by atoms with E-state index in [2.05, 4.69) is 0 Å². The zero-order valence-corrected chi connectivity index (χ0v) is 9.96. The van der Waals surface area contributed by atoms with E-state index in [1.54, 1.807) is 6.92 Å². The third kappa shape index (κ3) is 5.92. The second kappa shape index (κ2) is 7.68. The smallest absolute Gasteiger partial charge is 0.308 e. The summed E-state index contributed by atoms with van der Waals surface area (Å²) in [5.74, 6) is 0.385. The van der Waals surface area contributed by atoms with Gasteiger partial charge in [-0.15, -0.1) is 0 Å². The maximum atomic E-state index is 11.1. The summed E-state index contributed by atoms with van der Waals surface area (Å²) < 4.78 is 10.1. The molecule has 0 fully saturated rings. The Balaban J connectivity index is 2.16. The molecule has 0 saturated heterocycles. The number of aliphatic hydroxyl groups is 1. The SMILES string of the molecule is CCOC(=O)C[C@H](O)CCOc1ccccc1. The average Bonchev–Trinajstić information content (AvgIpc) is 2.30. The number of carbonyl (C=O) groups is 1. The van der Waals surface area contributed by atoms with E-state index < -0.39 is 6.10 Å². The largest absolute Gasteiger partial charge is 0.493 e. The molecule has 4 heteroatoms. The van der Waals surface area contributed by atoms with Crippen LogP contribution >= 0.6 is 0 Å². The van der Waals surface area contributed by atoms with Crippen LogP contribution in [0.3, 0.4) is 0 Å². The van der Waals surface area contributed by atoms with Crippen molar-refractivity contribution < 1.29 is 19.4 Å². The van der Waals surface area contributed by atoms with E-state index in [0.717, 1.165) is 5.75 Å². The van der Waals surface area contributed by atoms with Gasteiger partial charge in [0.15, 0.2) is 0 Å². The van der Waals surface area contributed by atoms with Crippen molar-refractivity contribution in [1.82, 2.24) is 0 Å². The van der Waals surface area contributed by atoms with Crippen LogP contribution in [0.15, 0.2) is 30.3 Å². The number of para-hydroxylation sites is 1. The monoisotopic (exact) mass is 238 g/mol.